The van der Waals surface area contributed by atoms with E-state index >= 15 is 0 Å². The molecule has 8 heteroatoms. The third kappa shape index (κ3) is 3.11. The van der Waals surface area contributed by atoms with Gasteiger partial charge < -0.3 is 5.32 Å². The van der Waals surface area contributed by atoms with Crippen molar-refractivity contribution in [1.82, 2.24) is 14.8 Å². The number of aromatic nitrogens is 3. The number of nitrogens with one attached hydrogen (secondary N) is 1. The lowest BCUT2D eigenvalue weighted by molar-refractivity contribution is -0.116. The van der Waals surface area contributed by atoms with E-state index in [1.807, 2.05) is 18.2 Å². The molecule has 1 aliphatic carbocycles. The molecule has 0 saturated heterocycles. The predicted octanol–water partition coefficient (Wildman–Crippen LogP) is 4.63. The van der Waals surface area contributed by atoms with E-state index in [1.165, 1.54) is 23.1 Å². The highest BCUT2D eigenvalue weighted by Gasteiger charge is 2.39. The Morgan fingerprint density at radius 1 is 1.07 bits per heavy atom. The van der Waals surface area contributed by atoms with Gasteiger partial charge in [-0.1, -0.05) is 23.7 Å². The number of rotatable bonds is 2. The number of halogens is 3. The molecule has 1 aliphatic heterocycles. The van der Waals surface area contributed by atoms with E-state index in [1.54, 1.807) is 6.07 Å². The normalized spacial score (nSPS) is 20.9. The number of allylic oxidation sites excluding steroid dienone is 2. The number of hydrogen-bond acceptors (Lipinski definition) is 4. The second-order valence-corrected chi connectivity index (χ2v) is 7.67. The van der Waals surface area contributed by atoms with Crippen LogP contribution >= 0.6 is 11.6 Å². The van der Waals surface area contributed by atoms with E-state index in [9.17, 15) is 13.6 Å². The number of carbonyl (C=O) groups excluding carboxylic acids is 1. The summed E-state index contributed by atoms with van der Waals surface area (Å²) in [5, 5.41) is 7.97. The van der Waals surface area contributed by atoms with Crippen LogP contribution in [0.5, 0.6) is 0 Å². The van der Waals surface area contributed by atoms with Gasteiger partial charge in [0, 0.05) is 28.8 Å². The van der Waals surface area contributed by atoms with Crippen LogP contribution in [-0.2, 0) is 4.79 Å². The van der Waals surface area contributed by atoms with Gasteiger partial charge in [0.25, 0.3) is 0 Å². The minimum absolute atomic E-state index is 0.0492. The fraction of sp³-hybridized carbons (Fsp3) is 0.190. The van der Waals surface area contributed by atoms with E-state index < -0.39 is 17.7 Å². The Bertz CT molecular complexity index is 1150. The van der Waals surface area contributed by atoms with Gasteiger partial charge in [-0.15, -0.1) is 0 Å². The van der Waals surface area contributed by atoms with Gasteiger partial charge in [0.2, 0.25) is 5.95 Å². The quantitative estimate of drug-likeness (QED) is 0.667. The maximum Gasteiger partial charge on any atom is 0.226 e. The zero-order valence-corrected chi connectivity index (χ0v) is 15.8. The molecule has 1 aromatic heterocycles. The van der Waals surface area contributed by atoms with Gasteiger partial charge in [-0.05, 0) is 47.7 Å². The molecule has 5 rings (SSSR count). The first-order valence-corrected chi connectivity index (χ1v) is 9.51. The summed E-state index contributed by atoms with van der Waals surface area (Å²) in [5.41, 5.74) is 2.45. The van der Waals surface area contributed by atoms with Crippen LogP contribution in [0.15, 0.2) is 60.1 Å². The van der Waals surface area contributed by atoms with Crippen molar-refractivity contribution in [2.75, 3.05) is 5.32 Å². The standard InChI is InChI=1S/C21H15ClF2N4O/c22-14-3-1-2-11(4-14)12-7-17-19(18(29)8-12)20(28-21(27-17)25-10-26-28)13-5-15(23)9-16(24)6-13/h1-6,9-10,12,20H,7-8H2,(H,25,26,27)/t12-,20+/m1/s1. The van der Waals surface area contributed by atoms with Crippen molar-refractivity contribution in [2.45, 2.75) is 24.8 Å². The first-order chi connectivity index (χ1) is 14.0. The van der Waals surface area contributed by atoms with Gasteiger partial charge in [0.1, 0.15) is 24.0 Å². The smallest absolute Gasteiger partial charge is 0.226 e. The van der Waals surface area contributed by atoms with Crippen LogP contribution in [0.2, 0.25) is 5.02 Å². The molecule has 5 nitrogen and oxygen atoms in total. The Kier molecular flexibility index (Phi) is 4.20. The SMILES string of the molecule is O=C1C[C@H](c2cccc(Cl)c2)CC2=C1[C@H](c1cc(F)cc(F)c1)n1ncnc1N2. The lowest BCUT2D eigenvalue weighted by Gasteiger charge is -2.35. The van der Waals surface area contributed by atoms with Gasteiger partial charge >= 0.3 is 0 Å². The molecule has 0 unspecified atom stereocenters. The topological polar surface area (TPSA) is 59.8 Å². The molecule has 146 valence electrons. The van der Waals surface area contributed by atoms with Crippen LogP contribution in [0.1, 0.15) is 35.9 Å². The number of nitrogens with zero attached hydrogens (tertiary/aromatic N) is 3. The van der Waals surface area contributed by atoms with Crippen LogP contribution in [0.25, 0.3) is 0 Å². The Morgan fingerprint density at radius 2 is 1.86 bits per heavy atom. The Hall–Kier alpha value is -3.06. The molecule has 0 saturated carbocycles. The molecule has 29 heavy (non-hydrogen) atoms. The minimum atomic E-state index is -0.734. The van der Waals surface area contributed by atoms with Crippen molar-refractivity contribution in [2.24, 2.45) is 0 Å². The van der Waals surface area contributed by atoms with Crippen molar-refractivity contribution in [3.05, 3.63) is 87.8 Å². The van der Waals surface area contributed by atoms with Gasteiger partial charge in [-0.25, -0.2) is 13.5 Å². The molecule has 2 atom stereocenters. The zero-order valence-electron chi connectivity index (χ0n) is 15.1. The van der Waals surface area contributed by atoms with Crippen LogP contribution in [0, 0.1) is 11.6 Å². The second-order valence-electron chi connectivity index (χ2n) is 7.23. The summed E-state index contributed by atoms with van der Waals surface area (Å²) < 4.78 is 29.3. The van der Waals surface area contributed by atoms with Gasteiger partial charge in [-0.3, -0.25) is 4.79 Å². The highest BCUT2D eigenvalue weighted by atomic mass is 35.5. The summed E-state index contributed by atoms with van der Waals surface area (Å²) >= 11 is 6.12. The first kappa shape index (κ1) is 18.0. The minimum Gasteiger partial charge on any atom is -0.328 e. The van der Waals surface area contributed by atoms with Crippen molar-refractivity contribution in [1.29, 1.82) is 0 Å². The van der Waals surface area contributed by atoms with E-state index in [0.717, 1.165) is 11.6 Å². The van der Waals surface area contributed by atoms with E-state index in [-0.39, 0.29) is 18.1 Å². The third-order valence-electron chi connectivity index (χ3n) is 5.38. The zero-order chi connectivity index (χ0) is 20.1. The Labute approximate surface area is 170 Å². The fourth-order valence-electron chi connectivity index (χ4n) is 4.19. The highest BCUT2D eigenvalue weighted by molar-refractivity contribution is 6.30. The molecule has 2 aromatic carbocycles. The molecule has 0 radical (unpaired) electrons. The summed E-state index contributed by atoms with van der Waals surface area (Å²) in [5.74, 6) is -1.13. The highest BCUT2D eigenvalue weighted by Crippen LogP contribution is 2.44. The summed E-state index contributed by atoms with van der Waals surface area (Å²) in [6, 6.07) is 9.97. The maximum atomic E-state index is 13.9. The molecule has 0 bridgehead atoms. The summed E-state index contributed by atoms with van der Waals surface area (Å²) in [4.78, 5) is 17.4. The molecular weight excluding hydrogens is 398 g/mol. The molecule has 0 spiro atoms. The summed E-state index contributed by atoms with van der Waals surface area (Å²) in [6.45, 7) is 0. The van der Waals surface area contributed by atoms with Gasteiger partial charge in [0.05, 0.1) is 0 Å². The Balaban J connectivity index is 1.62. The fourth-order valence-corrected chi connectivity index (χ4v) is 4.39. The number of ketones is 1. The summed E-state index contributed by atoms with van der Waals surface area (Å²) in [6.07, 6.45) is 2.18. The molecule has 1 N–H and O–H groups in total. The van der Waals surface area contributed by atoms with Crippen LogP contribution in [0.4, 0.5) is 14.7 Å². The molecule has 2 heterocycles. The summed E-state index contributed by atoms with van der Waals surface area (Å²) in [7, 11) is 0. The largest absolute Gasteiger partial charge is 0.328 e. The molecular formula is C21H15ClF2N4O. The van der Waals surface area contributed by atoms with Crippen molar-refractivity contribution in [3.8, 4) is 0 Å². The average molecular weight is 413 g/mol. The van der Waals surface area contributed by atoms with Crippen LogP contribution < -0.4 is 5.32 Å². The number of fused-ring (bicyclic) bond motifs is 1. The number of carbonyl (C=O) groups is 1. The van der Waals surface area contributed by atoms with Gasteiger partial charge in [0.15, 0.2) is 5.78 Å². The van der Waals surface area contributed by atoms with Gasteiger partial charge in [-0.2, -0.15) is 10.1 Å². The number of benzene rings is 2. The monoisotopic (exact) mass is 412 g/mol. The van der Waals surface area contributed by atoms with Crippen molar-refractivity contribution < 1.29 is 13.6 Å². The van der Waals surface area contributed by atoms with E-state index in [4.69, 9.17) is 11.6 Å². The average Bonchev–Trinajstić information content (AvgIpc) is 3.13. The lowest BCUT2D eigenvalue weighted by atomic mass is 9.78. The lowest BCUT2D eigenvalue weighted by Crippen LogP contribution is -2.33. The molecule has 2 aliphatic rings. The van der Waals surface area contributed by atoms with E-state index in [2.05, 4.69) is 15.4 Å². The molecule has 0 fully saturated rings. The second kappa shape index (κ2) is 6.77. The van der Waals surface area contributed by atoms with E-state index in [0.29, 0.717) is 34.2 Å². The third-order valence-corrected chi connectivity index (χ3v) is 5.62. The number of hydrogen-bond donors (Lipinski definition) is 1. The maximum absolute atomic E-state index is 13.9. The van der Waals surface area contributed by atoms with Crippen molar-refractivity contribution in [3.63, 3.8) is 0 Å². The molecule has 3 aromatic rings. The number of anilines is 1. The Morgan fingerprint density at radius 3 is 2.62 bits per heavy atom. The molecule has 0 amide bonds. The van der Waals surface area contributed by atoms with Crippen LogP contribution in [0.3, 0.4) is 0 Å². The van der Waals surface area contributed by atoms with Crippen molar-refractivity contribution >= 4 is 23.3 Å². The van der Waals surface area contributed by atoms with Crippen LogP contribution in [-0.4, -0.2) is 20.5 Å². The number of Topliss-reactive ketones (excluding diaryl/α,β-unsaturated/α-hetero) is 1. The predicted molar refractivity (Wildman–Crippen MR) is 104 cm³/mol. The first-order valence-electron chi connectivity index (χ1n) is 9.14.